The van der Waals surface area contributed by atoms with Crippen molar-refractivity contribution in [2.24, 2.45) is 0 Å². The number of benzene rings is 8. The van der Waals surface area contributed by atoms with E-state index >= 15 is 0 Å². The maximum atomic E-state index is 6.23. The molecule has 45 heavy (non-hydrogen) atoms. The summed E-state index contributed by atoms with van der Waals surface area (Å²) in [6.45, 7) is 0. The average Bonchev–Trinajstić information content (AvgIpc) is 3.55. The molecular formula is C44H28O. The van der Waals surface area contributed by atoms with Crippen LogP contribution in [-0.2, 0) is 0 Å². The van der Waals surface area contributed by atoms with Gasteiger partial charge in [0.05, 0.1) is 0 Å². The second-order valence-electron chi connectivity index (χ2n) is 11.6. The quantitative estimate of drug-likeness (QED) is 0.191. The van der Waals surface area contributed by atoms with Crippen LogP contribution in [0.4, 0.5) is 0 Å². The number of hydrogen-bond donors (Lipinski definition) is 0. The molecule has 0 amide bonds. The van der Waals surface area contributed by atoms with Gasteiger partial charge in [-0.1, -0.05) is 152 Å². The molecule has 0 bridgehead atoms. The van der Waals surface area contributed by atoms with Crippen molar-refractivity contribution in [1.82, 2.24) is 0 Å². The number of rotatable bonds is 4. The lowest BCUT2D eigenvalue weighted by molar-refractivity contribution is 0.631. The first-order chi connectivity index (χ1) is 22.3. The number of fused-ring (bicyclic) bond motifs is 4. The van der Waals surface area contributed by atoms with E-state index < -0.39 is 0 Å². The monoisotopic (exact) mass is 572 g/mol. The lowest BCUT2D eigenvalue weighted by Gasteiger charge is -2.19. The van der Waals surface area contributed by atoms with Crippen molar-refractivity contribution in [3.8, 4) is 44.7 Å². The summed E-state index contributed by atoms with van der Waals surface area (Å²) in [7, 11) is 0. The van der Waals surface area contributed by atoms with Crippen molar-refractivity contribution in [3.63, 3.8) is 0 Å². The molecule has 0 unspecified atom stereocenters. The second kappa shape index (κ2) is 10.4. The molecule has 0 spiro atoms. The van der Waals surface area contributed by atoms with Gasteiger partial charge in [-0.2, -0.15) is 0 Å². The van der Waals surface area contributed by atoms with E-state index in [1.54, 1.807) is 0 Å². The Hall–Kier alpha value is -5.92. The fourth-order valence-corrected chi connectivity index (χ4v) is 7.07. The summed E-state index contributed by atoms with van der Waals surface area (Å²) in [6, 6.07) is 61.0. The highest BCUT2D eigenvalue weighted by Gasteiger charge is 2.18. The lowest BCUT2D eigenvalue weighted by atomic mass is 9.84. The van der Waals surface area contributed by atoms with Crippen molar-refractivity contribution in [1.29, 1.82) is 0 Å². The van der Waals surface area contributed by atoms with Crippen molar-refractivity contribution in [3.05, 3.63) is 170 Å². The van der Waals surface area contributed by atoms with Crippen LogP contribution in [0.2, 0.25) is 0 Å². The Balaban J connectivity index is 1.28. The molecule has 0 saturated carbocycles. The summed E-state index contributed by atoms with van der Waals surface area (Å²) < 4.78 is 6.23. The predicted molar refractivity (Wildman–Crippen MR) is 190 cm³/mol. The molecule has 0 fully saturated rings. The van der Waals surface area contributed by atoms with Gasteiger partial charge in [-0.25, -0.2) is 0 Å². The van der Waals surface area contributed by atoms with Crippen LogP contribution >= 0.6 is 0 Å². The third-order valence-corrected chi connectivity index (χ3v) is 9.07. The van der Waals surface area contributed by atoms with Gasteiger partial charge >= 0.3 is 0 Å². The van der Waals surface area contributed by atoms with Crippen LogP contribution in [0, 0.1) is 0 Å². The molecule has 1 heteroatoms. The molecule has 0 atom stereocenters. The van der Waals surface area contributed by atoms with Crippen LogP contribution in [0.25, 0.3) is 88.0 Å². The van der Waals surface area contributed by atoms with Crippen molar-refractivity contribution in [2.45, 2.75) is 0 Å². The van der Waals surface area contributed by atoms with E-state index in [0.717, 1.165) is 22.3 Å². The summed E-state index contributed by atoms with van der Waals surface area (Å²) in [5.41, 5.74) is 9.43. The van der Waals surface area contributed by atoms with Gasteiger partial charge in [0.25, 0.3) is 0 Å². The van der Waals surface area contributed by atoms with E-state index in [-0.39, 0.29) is 0 Å². The molecule has 0 N–H and O–H groups in total. The molecule has 210 valence electrons. The molecule has 0 aliphatic heterocycles. The van der Waals surface area contributed by atoms with Gasteiger partial charge in [0.2, 0.25) is 0 Å². The van der Waals surface area contributed by atoms with Crippen molar-refractivity contribution in [2.75, 3.05) is 0 Å². The van der Waals surface area contributed by atoms with Crippen LogP contribution in [0.15, 0.2) is 174 Å². The first kappa shape index (κ1) is 25.6. The standard InChI is InChI=1S/C44H28O/c1-3-13-29(14-4-1)42-28-32-27-31(25-26-41(32)45-42)33-21-11-23-35-34(33)22-12-24-36(35)44-39-19-9-7-17-37(39)43(30-15-5-2-6-16-30)38-18-8-10-20-40(38)44/h1-28H. The maximum absolute atomic E-state index is 6.23. The molecule has 9 rings (SSSR count). The molecule has 1 aromatic heterocycles. The van der Waals surface area contributed by atoms with Gasteiger partial charge in [-0.15, -0.1) is 0 Å². The SMILES string of the molecule is c1ccc(-c2cc3cc(-c4cccc5c(-c6c7ccccc7c(-c7ccccc7)c7ccccc67)cccc45)ccc3o2)cc1. The Morgan fingerprint density at radius 2 is 0.822 bits per heavy atom. The lowest BCUT2D eigenvalue weighted by Crippen LogP contribution is -1.92. The minimum atomic E-state index is 0.890. The molecule has 0 aliphatic rings. The highest BCUT2D eigenvalue weighted by atomic mass is 16.3. The van der Waals surface area contributed by atoms with E-state index in [2.05, 4.69) is 152 Å². The van der Waals surface area contributed by atoms with Crippen LogP contribution in [0.5, 0.6) is 0 Å². The van der Waals surface area contributed by atoms with Crippen molar-refractivity contribution >= 4 is 43.3 Å². The third-order valence-electron chi connectivity index (χ3n) is 9.07. The molecule has 1 heterocycles. The Kier molecular flexibility index (Phi) is 5.89. The largest absolute Gasteiger partial charge is 0.456 e. The number of furan rings is 1. The minimum absolute atomic E-state index is 0.890. The zero-order valence-corrected chi connectivity index (χ0v) is 24.6. The zero-order valence-electron chi connectivity index (χ0n) is 24.6. The van der Waals surface area contributed by atoms with E-state index in [4.69, 9.17) is 4.42 Å². The maximum Gasteiger partial charge on any atom is 0.135 e. The van der Waals surface area contributed by atoms with Gasteiger partial charge < -0.3 is 4.42 Å². The molecule has 0 aliphatic carbocycles. The molecule has 1 nitrogen and oxygen atoms in total. The van der Waals surface area contributed by atoms with Gasteiger partial charge in [-0.05, 0) is 83.9 Å². The molecular weight excluding hydrogens is 544 g/mol. The van der Waals surface area contributed by atoms with E-state index in [0.29, 0.717) is 0 Å². The Bertz CT molecular complexity index is 2460. The summed E-state index contributed by atoms with van der Waals surface area (Å²) in [6.07, 6.45) is 0. The van der Waals surface area contributed by atoms with Gasteiger partial charge in [0.1, 0.15) is 11.3 Å². The van der Waals surface area contributed by atoms with Crippen LogP contribution in [-0.4, -0.2) is 0 Å². The molecule has 8 aromatic carbocycles. The zero-order chi connectivity index (χ0) is 29.7. The second-order valence-corrected chi connectivity index (χ2v) is 11.6. The highest BCUT2D eigenvalue weighted by Crippen LogP contribution is 2.46. The van der Waals surface area contributed by atoms with E-state index in [1.807, 2.05) is 18.2 Å². The Labute approximate surface area is 261 Å². The van der Waals surface area contributed by atoms with Crippen LogP contribution in [0.3, 0.4) is 0 Å². The summed E-state index contributed by atoms with van der Waals surface area (Å²) in [5, 5.41) is 8.65. The summed E-state index contributed by atoms with van der Waals surface area (Å²) in [4.78, 5) is 0. The van der Waals surface area contributed by atoms with Crippen LogP contribution < -0.4 is 0 Å². The predicted octanol–water partition coefficient (Wildman–Crippen LogP) is 12.6. The summed E-state index contributed by atoms with van der Waals surface area (Å²) in [5.74, 6) is 0.890. The minimum Gasteiger partial charge on any atom is -0.456 e. The molecule has 0 saturated heterocycles. The topological polar surface area (TPSA) is 13.1 Å². The van der Waals surface area contributed by atoms with Gasteiger partial charge in [0, 0.05) is 10.9 Å². The summed E-state index contributed by atoms with van der Waals surface area (Å²) >= 11 is 0. The molecule has 9 aromatic rings. The smallest absolute Gasteiger partial charge is 0.135 e. The fraction of sp³-hybridized carbons (Fsp3) is 0. The normalized spacial score (nSPS) is 11.6. The van der Waals surface area contributed by atoms with Gasteiger partial charge in [-0.3, -0.25) is 0 Å². The first-order valence-electron chi connectivity index (χ1n) is 15.4. The average molecular weight is 573 g/mol. The van der Waals surface area contributed by atoms with Gasteiger partial charge in [0.15, 0.2) is 0 Å². The molecule has 0 radical (unpaired) electrons. The third kappa shape index (κ3) is 4.17. The number of hydrogen-bond acceptors (Lipinski definition) is 1. The van der Waals surface area contributed by atoms with E-state index in [9.17, 15) is 0 Å². The van der Waals surface area contributed by atoms with Crippen molar-refractivity contribution < 1.29 is 4.42 Å². The highest BCUT2D eigenvalue weighted by molar-refractivity contribution is 6.24. The van der Waals surface area contributed by atoms with E-state index in [1.165, 1.54) is 65.7 Å². The Morgan fingerprint density at radius 3 is 1.47 bits per heavy atom. The first-order valence-corrected chi connectivity index (χ1v) is 15.4. The Morgan fingerprint density at radius 1 is 0.311 bits per heavy atom. The van der Waals surface area contributed by atoms with Crippen LogP contribution in [0.1, 0.15) is 0 Å². The fourth-order valence-electron chi connectivity index (χ4n) is 7.07.